The molecule has 0 spiro atoms. The molecule has 0 unspecified atom stereocenters. The molecule has 0 heterocycles. The van der Waals surface area contributed by atoms with Gasteiger partial charge in [0.1, 0.15) is 10.6 Å². The van der Waals surface area contributed by atoms with E-state index in [1.165, 1.54) is 24.3 Å². The summed E-state index contributed by atoms with van der Waals surface area (Å²) in [6, 6.07) is 10.7. The van der Waals surface area contributed by atoms with E-state index >= 15 is 0 Å². The zero-order chi connectivity index (χ0) is 20.2. The minimum Gasteiger partial charge on any atom is -0.492 e. The van der Waals surface area contributed by atoms with Crippen LogP contribution < -0.4 is 9.46 Å². The molecule has 0 aliphatic heterocycles. The quantitative estimate of drug-likeness (QED) is 0.735. The fraction of sp³-hybridized carbons (Fsp3) is 0.350. The van der Waals surface area contributed by atoms with Crippen molar-refractivity contribution in [1.29, 1.82) is 0 Å². The van der Waals surface area contributed by atoms with Crippen LogP contribution in [0.3, 0.4) is 0 Å². The zero-order valence-corrected chi connectivity index (χ0v) is 16.8. The van der Waals surface area contributed by atoms with Gasteiger partial charge in [-0.05, 0) is 53.8 Å². The predicted molar refractivity (Wildman–Crippen MR) is 105 cm³/mol. The molecule has 146 valence electrons. The lowest BCUT2D eigenvalue weighted by atomic mass is 9.87. The van der Waals surface area contributed by atoms with Crippen molar-refractivity contribution in [2.75, 3.05) is 11.3 Å². The molecule has 0 fully saturated rings. The molecule has 0 bridgehead atoms. The van der Waals surface area contributed by atoms with Crippen LogP contribution in [-0.4, -0.2) is 26.1 Å². The van der Waals surface area contributed by atoms with E-state index in [1.54, 1.807) is 12.1 Å². The van der Waals surface area contributed by atoms with Gasteiger partial charge in [0.2, 0.25) is 0 Å². The van der Waals surface area contributed by atoms with Crippen molar-refractivity contribution in [3.8, 4) is 5.75 Å². The van der Waals surface area contributed by atoms with Gasteiger partial charge >= 0.3 is 5.97 Å². The second-order valence-corrected chi connectivity index (χ2v) is 8.90. The number of carboxylic acid groups (broad SMARTS) is 1. The van der Waals surface area contributed by atoms with E-state index in [4.69, 9.17) is 9.84 Å². The smallest absolute Gasteiger partial charge is 0.335 e. The molecule has 0 amide bonds. The van der Waals surface area contributed by atoms with E-state index in [9.17, 15) is 13.2 Å². The number of rotatable bonds is 7. The van der Waals surface area contributed by atoms with Crippen molar-refractivity contribution in [3.05, 3.63) is 53.6 Å². The second-order valence-electron chi connectivity index (χ2n) is 7.25. The minimum atomic E-state index is -3.91. The van der Waals surface area contributed by atoms with Crippen LogP contribution in [-0.2, 0) is 15.4 Å². The number of anilines is 1. The molecule has 0 aliphatic rings. The summed E-state index contributed by atoms with van der Waals surface area (Å²) in [5.41, 5.74) is 1.01. The minimum absolute atomic E-state index is 0.0608. The Morgan fingerprint density at radius 3 is 2.26 bits per heavy atom. The molecular weight excluding hydrogens is 366 g/mol. The van der Waals surface area contributed by atoms with Crippen molar-refractivity contribution >= 4 is 21.7 Å². The molecule has 0 atom stereocenters. The van der Waals surface area contributed by atoms with E-state index in [-0.39, 0.29) is 21.6 Å². The van der Waals surface area contributed by atoms with Crippen LogP contribution in [0.15, 0.2) is 47.4 Å². The molecule has 2 aromatic rings. The third-order valence-corrected chi connectivity index (χ3v) is 5.35. The SMILES string of the molecule is CCCOc1ccc(C(C)(C)C)cc1S(=O)(=O)Nc1ccc(C(=O)O)cc1. The van der Waals surface area contributed by atoms with Crippen LogP contribution in [0.5, 0.6) is 5.75 Å². The maximum absolute atomic E-state index is 13.0. The number of hydrogen-bond donors (Lipinski definition) is 2. The highest BCUT2D eigenvalue weighted by Crippen LogP contribution is 2.32. The van der Waals surface area contributed by atoms with Gasteiger partial charge in [0.15, 0.2) is 0 Å². The maximum atomic E-state index is 13.0. The van der Waals surface area contributed by atoms with E-state index in [1.807, 2.05) is 33.8 Å². The Hall–Kier alpha value is -2.54. The van der Waals surface area contributed by atoms with Crippen LogP contribution in [0.2, 0.25) is 0 Å². The van der Waals surface area contributed by atoms with Crippen molar-refractivity contribution < 1.29 is 23.1 Å². The van der Waals surface area contributed by atoms with E-state index in [0.717, 1.165) is 12.0 Å². The van der Waals surface area contributed by atoms with Gasteiger partial charge in [-0.15, -0.1) is 0 Å². The lowest BCUT2D eigenvalue weighted by Crippen LogP contribution is -2.17. The molecule has 27 heavy (non-hydrogen) atoms. The van der Waals surface area contributed by atoms with Crippen molar-refractivity contribution in [2.45, 2.75) is 44.4 Å². The number of ether oxygens (including phenoxy) is 1. The third kappa shape index (κ3) is 5.23. The lowest BCUT2D eigenvalue weighted by Gasteiger charge is -2.21. The largest absolute Gasteiger partial charge is 0.492 e. The van der Waals surface area contributed by atoms with Crippen LogP contribution in [0.25, 0.3) is 0 Å². The molecule has 0 aromatic heterocycles. The van der Waals surface area contributed by atoms with E-state index in [0.29, 0.717) is 12.4 Å². The third-order valence-electron chi connectivity index (χ3n) is 3.95. The number of nitrogens with one attached hydrogen (secondary N) is 1. The molecule has 0 saturated heterocycles. The summed E-state index contributed by atoms with van der Waals surface area (Å²) in [5.74, 6) is -0.781. The summed E-state index contributed by atoms with van der Waals surface area (Å²) in [7, 11) is -3.91. The molecule has 0 saturated carbocycles. The fourth-order valence-electron chi connectivity index (χ4n) is 2.41. The first-order chi connectivity index (χ1) is 12.5. The first-order valence-electron chi connectivity index (χ1n) is 8.68. The van der Waals surface area contributed by atoms with Crippen LogP contribution in [0.1, 0.15) is 50.0 Å². The number of carboxylic acids is 1. The number of benzene rings is 2. The first-order valence-corrected chi connectivity index (χ1v) is 10.2. The van der Waals surface area contributed by atoms with Crippen molar-refractivity contribution in [2.24, 2.45) is 0 Å². The Morgan fingerprint density at radius 1 is 1.11 bits per heavy atom. The Bertz CT molecular complexity index is 912. The molecule has 2 rings (SSSR count). The van der Waals surface area contributed by atoms with Gasteiger partial charge < -0.3 is 9.84 Å². The number of aromatic carboxylic acids is 1. The molecule has 0 aliphatic carbocycles. The molecule has 0 radical (unpaired) electrons. The van der Waals surface area contributed by atoms with Gasteiger partial charge in [0.25, 0.3) is 10.0 Å². The molecule has 7 heteroatoms. The van der Waals surface area contributed by atoms with Crippen LogP contribution >= 0.6 is 0 Å². The molecular formula is C20H25NO5S. The van der Waals surface area contributed by atoms with Gasteiger partial charge in [0.05, 0.1) is 12.2 Å². The zero-order valence-electron chi connectivity index (χ0n) is 15.9. The molecule has 2 N–H and O–H groups in total. The number of sulfonamides is 1. The Morgan fingerprint density at radius 2 is 1.74 bits per heavy atom. The van der Waals surface area contributed by atoms with Gasteiger partial charge in [0, 0.05) is 5.69 Å². The van der Waals surface area contributed by atoms with E-state index in [2.05, 4.69) is 4.72 Å². The van der Waals surface area contributed by atoms with Gasteiger partial charge in [-0.1, -0.05) is 33.8 Å². The van der Waals surface area contributed by atoms with Crippen LogP contribution in [0, 0.1) is 0 Å². The summed E-state index contributed by atoms with van der Waals surface area (Å²) < 4.78 is 34.1. The monoisotopic (exact) mass is 391 g/mol. The number of carbonyl (C=O) groups is 1. The van der Waals surface area contributed by atoms with Crippen molar-refractivity contribution in [1.82, 2.24) is 0 Å². The molecule has 6 nitrogen and oxygen atoms in total. The van der Waals surface area contributed by atoms with Crippen LogP contribution in [0.4, 0.5) is 5.69 Å². The highest BCUT2D eigenvalue weighted by molar-refractivity contribution is 7.92. The summed E-state index contributed by atoms with van der Waals surface area (Å²) >= 11 is 0. The van der Waals surface area contributed by atoms with Crippen molar-refractivity contribution in [3.63, 3.8) is 0 Å². The Kier molecular flexibility index (Phi) is 6.15. The average molecular weight is 391 g/mol. The summed E-state index contributed by atoms with van der Waals surface area (Å²) in [6.45, 7) is 8.36. The second kappa shape index (κ2) is 8.00. The maximum Gasteiger partial charge on any atom is 0.335 e. The van der Waals surface area contributed by atoms with Gasteiger partial charge in [-0.2, -0.15) is 0 Å². The van der Waals surface area contributed by atoms with E-state index < -0.39 is 16.0 Å². The average Bonchev–Trinajstić information content (AvgIpc) is 2.59. The molecule has 2 aromatic carbocycles. The summed E-state index contributed by atoms with van der Waals surface area (Å²) in [5, 5.41) is 8.96. The predicted octanol–water partition coefficient (Wildman–Crippen LogP) is 4.27. The fourth-order valence-corrected chi connectivity index (χ4v) is 3.64. The standard InChI is InChI=1S/C20H25NO5S/c1-5-12-26-17-11-8-15(20(2,3)4)13-18(17)27(24,25)21-16-9-6-14(7-10-16)19(22)23/h6-11,13,21H,5,12H2,1-4H3,(H,22,23). The highest BCUT2D eigenvalue weighted by atomic mass is 32.2. The summed E-state index contributed by atoms with van der Waals surface area (Å²) in [6.07, 6.45) is 0.755. The highest BCUT2D eigenvalue weighted by Gasteiger charge is 2.24. The first kappa shape index (κ1) is 20.8. The Balaban J connectivity index is 2.43. The number of hydrogen-bond acceptors (Lipinski definition) is 4. The topological polar surface area (TPSA) is 92.7 Å². The summed E-state index contributed by atoms with van der Waals surface area (Å²) in [4.78, 5) is 11.0. The van der Waals surface area contributed by atoms with Gasteiger partial charge in [-0.25, -0.2) is 13.2 Å². The normalized spacial score (nSPS) is 11.9. The Labute approximate surface area is 160 Å². The lowest BCUT2D eigenvalue weighted by molar-refractivity contribution is 0.0697. The van der Waals surface area contributed by atoms with Gasteiger partial charge in [-0.3, -0.25) is 4.72 Å².